The molecule has 1 amide bonds. The molecule has 0 fully saturated rings. The predicted octanol–water partition coefficient (Wildman–Crippen LogP) is 5.17. The van der Waals surface area contributed by atoms with Crippen molar-refractivity contribution in [3.8, 4) is 10.7 Å². The molecule has 0 saturated heterocycles. The zero-order valence-corrected chi connectivity index (χ0v) is 15.1. The Labute approximate surface area is 164 Å². The Balaban J connectivity index is 1.78. The zero-order chi connectivity index (χ0) is 21.2. The van der Waals surface area contributed by atoms with Crippen molar-refractivity contribution in [1.29, 1.82) is 0 Å². The van der Waals surface area contributed by atoms with Gasteiger partial charge in [-0.1, -0.05) is 6.07 Å². The third-order valence-corrected chi connectivity index (χ3v) is 4.63. The maximum atomic E-state index is 12.9. The fourth-order valence-electron chi connectivity index (χ4n) is 2.35. The van der Waals surface area contributed by atoms with E-state index in [4.69, 9.17) is 0 Å². The first kappa shape index (κ1) is 20.8. The minimum Gasteiger partial charge on any atom is -0.346 e. The molecule has 0 saturated carbocycles. The van der Waals surface area contributed by atoms with Crippen LogP contribution in [0.25, 0.3) is 10.7 Å². The van der Waals surface area contributed by atoms with Crippen LogP contribution in [0.3, 0.4) is 0 Å². The molecule has 152 valence electrons. The van der Waals surface area contributed by atoms with Crippen molar-refractivity contribution in [2.75, 3.05) is 0 Å². The smallest absolute Gasteiger partial charge is 0.346 e. The lowest BCUT2D eigenvalue weighted by Gasteiger charge is -2.14. The van der Waals surface area contributed by atoms with Crippen molar-refractivity contribution in [3.63, 3.8) is 0 Å². The minimum absolute atomic E-state index is 0.0314. The SMILES string of the molecule is O=C(NCc1csc(-c2ccccn2)n1)c1cc(C(F)(F)F)cc(C(F)(F)F)c1. The average molecular weight is 431 g/mol. The van der Waals surface area contributed by atoms with E-state index in [1.54, 1.807) is 29.8 Å². The molecule has 2 heterocycles. The van der Waals surface area contributed by atoms with Crippen molar-refractivity contribution in [1.82, 2.24) is 15.3 Å². The lowest BCUT2D eigenvalue weighted by molar-refractivity contribution is -0.143. The summed E-state index contributed by atoms with van der Waals surface area (Å²) >= 11 is 1.24. The van der Waals surface area contributed by atoms with Gasteiger partial charge in [-0.2, -0.15) is 26.3 Å². The average Bonchev–Trinajstić information content (AvgIpc) is 3.14. The summed E-state index contributed by atoms with van der Waals surface area (Å²) in [6.07, 6.45) is -8.48. The summed E-state index contributed by atoms with van der Waals surface area (Å²) < 4.78 is 77.4. The van der Waals surface area contributed by atoms with Gasteiger partial charge in [0.25, 0.3) is 5.91 Å². The standard InChI is InChI=1S/C18H11F6N3OS/c19-17(20,21)11-5-10(6-12(7-11)18(22,23)24)15(28)26-8-13-9-29-16(27-13)14-3-1-2-4-25-14/h1-7,9H,8H2,(H,26,28). The van der Waals surface area contributed by atoms with Gasteiger partial charge in [-0.15, -0.1) is 11.3 Å². The molecule has 2 aromatic heterocycles. The molecule has 0 aliphatic heterocycles. The number of carbonyl (C=O) groups is 1. The first-order chi connectivity index (χ1) is 13.5. The highest BCUT2D eigenvalue weighted by Crippen LogP contribution is 2.36. The molecule has 0 bridgehead atoms. The number of thiazole rings is 1. The van der Waals surface area contributed by atoms with Gasteiger partial charge in [-0.3, -0.25) is 9.78 Å². The highest BCUT2D eigenvalue weighted by atomic mass is 32.1. The fraction of sp³-hybridized carbons (Fsp3) is 0.167. The van der Waals surface area contributed by atoms with E-state index >= 15 is 0 Å². The van der Waals surface area contributed by atoms with Gasteiger partial charge in [-0.05, 0) is 30.3 Å². The second-order valence-corrected chi connectivity index (χ2v) is 6.69. The Bertz CT molecular complexity index is 982. The summed E-state index contributed by atoms with van der Waals surface area (Å²) in [5.41, 5.74) is -2.85. The number of alkyl halides is 6. The second kappa shape index (κ2) is 7.82. The molecule has 0 unspecified atom stereocenters. The Kier molecular flexibility index (Phi) is 5.60. The summed E-state index contributed by atoms with van der Waals surface area (Å²) in [5, 5.41) is 4.46. The first-order valence-corrected chi connectivity index (χ1v) is 8.85. The van der Waals surface area contributed by atoms with Crippen LogP contribution in [0, 0.1) is 0 Å². The van der Waals surface area contributed by atoms with Gasteiger partial charge >= 0.3 is 12.4 Å². The molecule has 1 aromatic carbocycles. The Hall–Kier alpha value is -2.95. The number of amides is 1. The molecule has 0 spiro atoms. The van der Waals surface area contributed by atoms with Gasteiger partial charge in [0.2, 0.25) is 0 Å². The number of halogens is 6. The maximum absolute atomic E-state index is 12.9. The maximum Gasteiger partial charge on any atom is 0.416 e. The van der Waals surface area contributed by atoms with Crippen molar-refractivity contribution >= 4 is 17.2 Å². The Morgan fingerprint density at radius 1 is 1.00 bits per heavy atom. The number of nitrogens with zero attached hydrogens (tertiary/aromatic N) is 2. The number of nitrogens with one attached hydrogen (secondary N) is 1. The van der Waals surface area contributed by atoms with E-state index in [1.165, 1.54) is 11.3 Å². The van der Waals surface area contributed by atoms with Gasteiger partial charge in [-0.25, -0.2) is 4.98 Å². The van der Waals surface area contributed by atoms with Crippen LogP contribution in [-0.4, -0.2) is 15.9 Å². The molecule has 3 aromatic rings. The zero-order valence-electron chi connectivity index (χ0n) is 14.3. The molecule has 0 aliphatic rings. The van der Waals surface area contributed by atoms with Gasteiger partial charge in [0.15, 0.2) is 0 Å². The van der Waals surface area contributed by atoms with E-state index in [-0.39, 0.29) is 12.6 Å². The molecule has 4 nitrogen and oxygen atoms in total. The molecular formula is C18H11F6N3OS. The van der Waals surface area contributed by atoms with Gasteiger partial charge < -0.3 is 5.32 Å². The number of benzene rings is 1. The van der Waals surface area contributed by atoms with Crippen LogP contribution in [0.4, 0.5) is 26.3 Å². The third kappa shape index (κ3) is 5.11. The number of hydrogen-bond donors (Lipinski definition) is 1. The van der Waals surface area contributed by atoms with E-state index in [1.807, 2.05) is 0 Å². The fourth-order valence-corrected chi connectivity index (χ4v) is 3.15. The van der Waals surface area contributed by atoms with Gasteiger partial charge in [0.05, 0.1) is 29.1 Å². The normalized spacial score (nSPS) is 12.1. The van der Waals surface area contributed by atoms with E-state index in [0.717, 1.165) is 0 Å². The summed E-state index contributed by atoms with van der Waals surface area (Å²) in [6, 6.07) is 5.94. The summed E-state index contributed by atoms with van der Waals surface area (Å²) in [5.74, 6) is -1.08. The molecule has 1 N–H and O–H groups in total. The van der Waals surface area contributed by atoms with Crippen LogP contribution in [0.2, 0.25) is 0 Å². The Morgan fingerprint density at radius 2 is 1.66 bits per heavy atom. The molecule has 3 rings (SSSR count). The van der Waals surface area contributed by atoms with Crippen LogP contribution in [-0.2, 0) is 18.9 Å². The molecule has 11 heteroatoms. The molecular weight excluding hydrogens is 420 g/mol. The van der Waals surface area contributed by atoms with Gasteiger partial charge in [0, 0.05) is 17.1 Å². The summed E-state index contributed by atoms with van der Waals surface area (Å²) in [6.45, 7) is -0.167. The lowest BCUT2D eigenvalue weighted by Crippen LogP contribution is -2.24. The van der Waals surface area contributed by atoms with E-state index in [0.29, 0.717) is 28.5 Å². The summed E-state index contributed by atoms with van der Waals surface area (Å²) in [4.78, 5) is 20.5. The van der Waals surface area contributed by atoms with Gasteiger partial charge in [0.1, 0.15) is 5.01 Å². The van der Waals surface area contributed by atoms with Crippen molar-refractivity contribution in [2.45, 2.75) is 18.9 Å². The van der Waals surface area contributed by atoms with Crippen LogP contribution in [0.1, 0.15) is 27.2 Å². The number of aromatic nitrogens is 2. The topological polar surface area (TPSA) is 54.9 Å². The molecule has 0 atom stereocenters. The molecule has 0 radical (unpaired) electrons. The minimum atomic E-state index is -5.03. The highest BCUT2D eigenvalue weighted by Gasteiger charge is 2.37. The Morgan fingerprint density at radius 3 is 2.21 bits per heavy atom. The number of pyridine rings is 1. The third-order valence-electron chi connectivity index (χ3n) is 3.72. The van der Waals surface area contributed by atoms with E-state index in [9.17, 15) is 31.1 Å². The van der Waals surface area contributed by atoms with E-state index in [2.05, 4.69) is 15.3 Å². The van der Waals surface area contributed by atoms with Crippen LogP contribution in [0.15, 0.2) is 48.0 Å². The number of carbonyl (C=O) groups excluding carboxylic acids is 1. The molecule has 0 aliphatic carbocycles. The van der Waals surface area contributed by atoms with Crippen LogP contribution < -0.4 is 5.32 Å². The van der Waals surface area contributed by atoms with Crippen molar-refractivity contribution in [3.05, 3.63) is 70.4 Å². The first-order valence-electron chi connectivity index (χ1n) is 7.97. The quantitative estimate of drug-likeness (QED) is 0.580. The van der Waals surface area contributed by atoms with Crippen LogP contribution >= 0.6 is 11.3 Å². The molecule has 29 heavy (non-hydrogen) atoms. The number of rotatable bonds is 4. The van der Waals surface area contributed by atoms with Crippen molar-refractivity contribution in [2.24, 2.45) is 0 Å². The largest absolute Gasteiger partial charge is 0.416 e. The number of hydrogen-bond acceptors (Lipinski definition) is 4. The van der Waals surface area contributed by atoms with E-state index < -0.39 is 35.0 Å². The highest BCUT2D eigenvalue weighted by molar-refractivity contribution is 7.13. The lowest BCUT2D eigenvalue weighted by atomic mass is 10.0. The monoisotopic (exact) mass is 431 g/mol. The predicted molar refractivity (Wildman–Crippen MR) is 93.0 cm³/mol. The van der Waals surface area contributed by atoms with Crippen LogP contribution in [0.5, 0.6) is 0 Å². The van der Waals surface area contributed by atoms with Crippen molar-refractivity contribution < 1.29 is 31.1 Å². The summed E-state index contributed by atoms with van der Waals surface area (Å²) in [7, 11) is 0. The second-order valence-electron chi connectivity index (χ2n) is 5.84.